The molecule has 16 heavy (non-hydrogen) atoms. The monoisotopic (exact) mass is 205 g/mol. The van der Waals surface area contributed by atoms with Gasteiger partial charge in [0.15, 0.2) is 0 Å². The van der Waals surface area contributed by atoms with Crippen molar-refractivity contribution < 1.29 is 18.9 Å². The minimum absolute atomic E-state index is 0. The molecule has 0 aliphatic rings. The molecule has 0 amide bonds. The number of hydrogen-bond acceptors (Lipinski definition) is 3. The fraction of sp³-hybridized carbons (Fsp3) is 0.100. The number of aromatic nitrogens is 5. The second-order valence-corrected chi connectivity index (χ2v) is 3.22. The molecule has 0 aliphatic carbocycles. The molecule has 2 heterocycles. The first-order chi connectivity index (χ1) is 7.43. The number of imidazole rings is 1. The molecule has 2 aromatic heterocycles. The van der Waals surface area contributed by atoms with Gasteiger partial charge >= 0.3 is 18.9 Å². The van der Waals surface area contributed by atoms with Gasteiger partial charge in [-0.15, -0.1) is 17.5 Å². The van der Waals surface area contributed by atoms with Crippen LogP contribution >= 0.6 is 0 Å². The number of hydrogen-bond donors (Lipinski definition) is 0. The largest absolute Gasteiger partial charge is 1.00 e. The number of nitrogens with zero attached hydrogens (tertiary/aromatic N) is 5. The maximum atomic E-state index is 4.07. The van der Waals surface area contributed by atoms with Crippen molar-refractivity contribution in [3.05, 3.63) is 43.0 Å². The minimum Gasteiger partial charge on any atom is -0.437 e. The predicted octanol–water partition coefficient (Wildman–Crippen LogP) is -2.06. The van der Waals surface area contributed by atoms with Crippen molar-refractivity contribution in [2.75, 3.05) is 0 Å². The van der Waals surface area contributed by atoms with Crippen LogP contribution in [0, 0.1) is 6.33 Å². The van der Waals surface area contributed by atoms with Crippen LogP contribution in [0.15, 0.2) is 36.7 Å². The van der Waals surface area contributed by atoms with E-state index in [2.05, 4.69) is 21.6 Å². The van der Waals surface area contributed by atoms with Gasteiger partial charge in [-0.05, 0) is 12.1 Å². The second-order valence-electron chi connectivity index (χ2n) is 3.22. The van der Waals surface area contributed by atoms with E-state index in [9.17, 15) is 0 Å². The quantitative estimate of drug-likeness (QED) is 0.357. The molecule has 1 aromatic carbocycles. The number of para-hydroxylation sites is 1. The van der Waals surface area contributed by atoms with E-state index in [1.165, 1.54) is 0 Å². The van der Waals surface area contributed by atoms with Crippen LogP contribution < -0.4 is 18.9 Å². The van der Waals surface area contributed by atoms with Gasteiger partial charge in [0.2, 0.25) is 0 Å². The van der Waals surface area contributed by atoms with Gasteiger partial charge in [0.1, 0.15) is 5.52 Å². The summed E-state index contributed by atoms with van der Waals surface area (Å²) in [5.74, 6) is 0. The van der Waals surface area contributed by atoms with Crippen LogP contribution in [-0.4, -0.2) is 24.5 Å². The Morgan fingerprint density at radius 1 is 1.25 bits per heavy atom. The molecule has 3 aromatic rings. The first-order valence-corrected chi connectivity index (χ1v) is 4.60. The van der Waals surface area contributed by atoms with E-state index in [4.69, 9.17) is 0 Å². The van der Waals surface area contributed by atoms with Crippen LogP contribution in [0.25, 0.3) is 11.0 Å². The summed E-state index contributed by atoms with van der Waals surface area (Å²) in [6, 6.07) is 7.85. The fourth-order valence-electron chi connectivity index (χ4n) is 1.50. The molecule has 0 saturated carbocycles. The van der Waals surface area contributed by atoms with E-state index < -0.39 is 0 Å². The van der Waals surface area contributed by atoms with Crippen molar-refractivity contribution in [1.82, 2.24) is 24.5 Å². The molecule has 74 valence electrons. The van der Waals surface area contributed by atoms with Crippen LogP contribution in [0.3, 0.4) is 0 Å². The zero-order valence-electron chi connectivity index (χ0n) is 8.91. The topological polar surface area (TPSA) is 48.5 Å². The third-order valence-corrected chi connectivity index (χ3v) is 2.21. The Balaban J connectivity index is 0.000000963. The Morgan fingerprint density at radius 3 is 2.94 bits per heavy atom. The standard InChI is InChI=1S/C10H8N5.Li/c1-2-4-10-9(3-1)12-13-15(10)8-14-6-5-11-7-14;/h1-6H,8H2;/q-1;+1. The van der Waals surface area contributed by atoms with Crippen molar-refractivity contribution in [3.8, 4) is 0 Å². The Kier molecular flexibility index (Phi) is 3.09. The normalized spacial score (nSPS) is 10.2. The molecule has 6 heteroatoms. The first-order valence-electron chi connectivity index (χ1n) is 4.60. The average Bonchev–Trinajstić information content (AvgIpc) is 2.89. The van der Waals surface area contributed by atoms with Gasteiger partial charge in [0.05, 0.1) is 12.2 Å². The Hall–Kier alpha value is -1.57. The summed E-state index contributed by atoms with van der Waals surface area (Å²) in [7, 11) is 0. The molecule has 0 radical (unpaired) electrons. The van der Waals surface area contributed by atoms with E-state index in [1.54, 1.807) is 6.20 Å². The van der Waals surface area contributed by atoms with Crippen molar-refractivity contribution in [1.29, 1.82) is 0 Å². The Morgan fingerprint density at radius 2 is 2.12 bits per heavy atom. The molecule has 3 rings (SSSR count). The molecule has 0 unspecified atom stereocenters. The van der Waals surface area contributed by atoms with Gasteiger partial charge in [-0.1, -0.05) is 17.3 Å². The summed E-state index contributed by atoms with van der Waals surface area (Å²) in [6.45, 7) is 0.584. The van der Waals surface area contributed by atoms with Crippen molar-refractivity contribution in [2.24, 2.45) is 0 Å². The Bertz CT molecular complexity index is 572. The number of benzene rings is 1. The van der Waals surface area contributed by atoms with Gasteiger partial charge < -0.3 is 9.55 Å². The summed E-state index contributed by atoms with van der Waals surface area (Å²) >= 11 is 0. The van der Waals surface area contributed by atoms with Gasteiger partial charge in [-0.3, -0.25) is 0 Å². The van der Waals surface area contributed by atoms with E-state index in [-0.39, 0.29) is 18.9 Å². The predicted molar refractivity (Wildman–Crippen MR) is 54.0 cm³/mol. The van der Waals surface area contributed by atoms with Crippen molar-refractivity contribution >= 4 is 11.0 Å². The molecule has 0 fully saturated rings. The molecule has 5 nitrogen and oxygen atoms in total. The Labute approximate surface area is 104 Å². The molecule has 0 aliphatic heterocycles. The van der Waals surface area contributed by atoms with Crippen LogP contribution in [0.2, 0.25) is 0 Å². The van der Waals surface area contributed by atoms with Crippen LogP contribution in [0.5, 0.6) is 0 Å². The first kappa shape index (κ1) is 10.9. The van der Waals surface area contributed by atoms with Crippen molar-refractivity contribution in [3.63, 3.8) is 0 Å². The third kappa shape index (κ3) is 1.87. The number of rotatable bonds is 2. The second kappa shape index (κ2) is 4.52. The minimum atomic E-state index is 0. The van der Waals surface area contributed by atoms with E-state index in [0.717, 1.165) is 11.0 Å². The summed E-state index contributed by atoms with van der Waals surface area (Å²) < 4.78 is 3.63. The molecule has 0 N–H and O–H groups in total. The van der Waals surface area contributed by atoms with Gasteiger partial charge in [-0.25, -0.2) is 4.68 Å². The van der Waals surface area contributed by atoms with Gasteiger partial charge in [0, 0.05) is 6.33 Å². The summed E-state index contributed by atoms with van der Waals surface area (Å²) in [4.78, 5) is 3.86. The van der Waals surface area contributed by atoms with Crippen LogP contribution in [-0.2, 0) is 6.67 Å². The smallest absolute Gasteiger partial charge is 0.437 e. The molecule has 0 bridgehead atoms. The SMILES string of the molecule is [Li+].[c-]1nccn1Cn1nnc2ccccc21. The molecule has 0 saturated heterocycles. The summed E-state index contributed by atoms with van der Waals surface area (Å²) in [5.41, 5.74) is 1.91. The zero-order valence-corrected chi connectivity index (χ0v) is 8.91. The third-order valence-electron chi connectivity index (χ3n) is 2.21. The van der Waals surface area contributed by atoms with Crippen LogP contribution in [0.1, 0.15) is 0 Å². The van der Waals surface area contributed by atoms with Crippen molar-refractivity contribution in [2.45, 2.75) is 6.67 Å². The maximum Gasteiger partial charge on any atom is 1.00 e. The molecular formula is C10H8LiN5. The zero-order chi connectivity index (χ0) is 10.1. The molecule has 0 spiro atoms. The number of fused-ring (bicyclic) bond motifs is 1. The van der Waals surface area contributed by atoms with Gasteiger partial charge in [-0.2, -0.15) is 0 Å². The van der Waals surface area contributed by atoms with E-state index in [0.29, 0.717) is 6.67 Å². The fourth-order valence-corrected chi connectivity index (χ4v) is 1.50. The van der Waals surface area contributed by atoms with E-state index >= 15 is 0 Å². The summed E-state index contributed by atoms with van der Waals surface area (Å²) in [5, 5.41) is 8.13. The molecular weight excluding hydrogens is 197 g/mol. The summed E-state index contributed by atoms with van der Waals surface area (Å²) in [6.07, 6.45) is 6.36. The van der Waals surface area contributed by atoms with Crippen LogP contribution in [0.4, 0.5) is 0 Å². The van der Waals surface area contributed by atoms with E-state index in [1.807, 2.05) is 39.7 Å². The average molecular weight is 205 g/mol. The molecule has 0 atom stereocenters. The maximum absolute atomic E-state index is 4.07. The van der Waals surface area contributed by atoms with Gasteiger partial charge in [0.25, 0.3) is 0 Å².